The van der Waals surface area contributed by atoms with E-state index in [4.69, 9.17) is 13.3 Å². The van der Waals surface area contributed by atoms with Crippen molar-refractivity contribution in [2.24, 2.45) is 0 Å². The summed E-state index contributed by atoms with van der Waals surface area (Å²) >= 11 is 1.62. The maximum absolute atomic E-state index is 5.78. The van der Waals surface area contributed by atoms with Crippen LogP contribution < -0.4 is 0 Å². The van der Waals surface area contributed by atoms with E-state index in [1.165, 1.54) is 0 Å². The third-order valence-corrected chi connectivity index (χ3v) is 6.84. The molecular formula is C12H21NO3SSi. The Morgan fingerprint density at radius 1 is 1.06 bits per heavy atom. The van der Waals surface area contributed by atoms with E-state index in [2.05, 4.69) is 4.98 Å². The molecule has 0 saturated carbocycles. The minimum atomic E-state index is -2.56. The van der Waals surface area contributed by atoms with Gasteiger partial charge in [0, 0.05) is 26.0 Å². The fourth-order valence-corrected chi connectivity index (χ4v) is 5.68. The number of aromatic nitrogens is 1. The van der Waals surface area contributed by atoms with Crippen molar-refractivity contribution < 1.29 is 13.3 Å². The number of pyridine rings is 1. The number of hydrogen-bond acceptors (Lipinski definition) is 5. The smallest absolute Gasteiger partial charge is 0.373 e. The second-order valence-corrected chi connectivity index (χ2v) is 7.53. The molecule has 1 aromatic heterocycles. The molecule has 4 nitrogen and oxygen atoms in total. The van der Waals surface area contributed by atoms with Crippen LogP contribution in [-0.4, -0.2) is 39.0 Å². The summed E-state index contributed by atoms with van der Waals surface area (Å²) in [7, 11) is -2.56. The summed E-state index contributed by atoms with van der Waals surface area (Å²) in [6.45, 7) is 7.71. The van der Waals surface area contributed by atoms with E-state index in [0.29, 0.717) is 25.2 Å². The van der Waals surface area contributed by atoms with E-state index in [1.54, 1.807) is 18.0 Å². The minimum absolute atomic E-state index is 0.606. The van der Waals surface area contributed by atoms with Crippen molar-refractivity contribution in [3.05, 3.63) is 24.4 Å². The Bertz CT molecular complexity index is 309. The van der Waals surface area contributed by atoms with Gasteiger partial charge in [-0.3, -0.25) is 0 Å². The number of rotatable bonds is 9. The van der Waals surface area contributed by atoms with Crippen molar-refractivity contribution in [3.63, 3.8) is 0 Å². The van der Waals surface area contributed by atoms with Crippen LogP contribution in [0.3, 0.4) is 0 Å². The van der Waals surface area contributed by atoms with Gasteiger partial charge in [-0.25, -0.2) is 4.98 Å². The molecule has 0 saturated heterocycles. The Kier molecular flexibility index (Phi) is 7.53. The van der Waals surface area contributed by atoms with Crippen LogP contribution in [0.25, 0.3) is 0 Å². The highest BCUT2D eigenvalue weighted by molar-refractivity contribution is 8.00. The summed E-state index contributed by atoms with van der Waals surface area (Å²) in [6.07, 6.45) is 1.79. The molecule has 0 atom stereocenters. The first kappa shape index (κ1) is 15.7. The number of thioether (sulfide) groups is 1. The zero-order chi connectivity index (χ0) is 13.3. The monoisotopic (exact) mass is 287 g/mol. The molecule has 1 heterocycles. The second kappa shape index (κ2) is 8.66. The van der Waals surface area contributed by atoms with E-state index >= 15 is 0 Å². The van der Waals surface area contributed by atoms with Crippen molar-refractivity contribution in [1.29, 1.82) is 0 Å². The van der Waals surface area contributed by atoms with Gasteiger partial charge in [0.2, 0.25) is 0 Å². The molecule has 1 aromatic rings. The van der Waals surface area contributed by atoms with Gasteiger partial charge in [0.05, 0.1) is 10.4 Å². The highest BCUT2D eigenvalue weighted by Crippen LogP contribution is 2.22. The van der Waals surface area contributed by atoms with Crippen LogP contribution in [0.15, 0.2) is 29.4 Å². The summed E-state index contributed by atoms with van der Waals surface area (Å²) < 4.78 is 17.3. The Hall–Kier alpha value is -0.403. The summed E-state index contributed by atoms with van der Waals surface area (Å²) in [6, 6.07) is 5.86. The molecule has 102 valence electrons. The van der Waals surface area contributed by atoms with Crippen LogP contribution >= 0.6 is 11.8 Å². The summed E-state index contributed by atoms with van der Waals surface area (Å²) in [5.41, 5.74) is 0. The van der Waals surface area contributed by atoms with Crippen molar-refractivity contribution in [2.45, 2.75) is 25.8 Å². The zero-order valence-electron chi connectivity index (χ0n) is 11.2. The van der Waals surface area contributed by atoms with Gasteiger partial charge in [-0.15, -0.1) is 11.8 Å². The fraction of sp³-hybridized carbons (Fsp3) is 0.583. The molecule has 1 rings (SSSR count). The lowest BCUT2D eigenvalue weighted by molar-refractivity contribution is 0.0773. The Morgan fingerprint density at radius 2 is 1.67 bits per heavy atom. The first-order valence-electron chi connectivity index (χ1n) is 6.22. The zero-order valence-corrected chi connectivity index (χ0v) is 13.0. The molecule has 0 unspecified atom stereocenters. The van der Waals surface area contributed by atoms with E-state index in [1.807, 2.05) is 39.0 Å². The molecule has 0 aliphatic rings. The molecule has 0 amide bonds. The Labute approximate surface area is 114 Å². The van der Waals surface area contributed by atoms with E-state index in [0.717, 1.165) is 5.03 Å². The molecular weight excluding hydrogens is 266 g/mol. The largest absolute Gasteiger partial charge is 0.511 e. The first-order valence-corrected chi connectivity index (χ1v) is 9.13. The standard InChI is InChI=1S/C12H21NO3SSi/c1-4-14-18(15-5-2,16-6-3)11-17-12-9-7-8-10-13-12/h7-10H,4-6,11H2,1-3H3. The normalized spacial score (nSPS) is 11.7. The average molecular weight is 287 g/mol. The third-order valence-electron chi connectivity index (χ3n) is 2.13. The Balaban J connectivity index is 2.64. The molecule has 0 aliphatic heterocycles. The van der Waals surface area contributed by atoms with Crippen molar-refractivity contribution in [3.8, 4) is 0 Å². The molecule has 18 heavy (non-hydrogen) atoms. The van der Waals surface area contributed by atoms with Gasteiger partial charge in [-0.05, 0) is 32.9 Å². The molecule has 0 fully saturated rings. The van der Waals surface area contributed by atoms with Crippen LogP contribution in [0.4, 0.5) is 0 Å². The quantitative estimate of drug-likeness (QED) is 0.516. The maximum atomic E-state index is 5.78. The fourth-order valence-electron chi connectivity index (χ4n) is 1.50. The molecule has 0 spiro atoms. The SMILES string of the molecule is CCO[Si](CSc1ccccn1)(OCC)OCC. The van der Waals surface area contributed by atoms with Crippen LogP contribution in [0.1, 0.15) is 20.8 Å². The molecule has 0 N–H and O–H groups in total. The van der Waals surface area contributed by atoms with Gasteiger partial charge < -0.3 is 13.3 Å². The van der Waals surface area contributed by atoms with Crippen LogP contribution in [0.2, 0.25) is 0 Å². The van der Waals surface area contributed by atoms with E-state index < -0.39 is 8.80 Å². The van der Waals surface area contributed by atoms with Gasteiger partial charge in [-0.2, -0.15) is 0 Å². The maximum Gasteiger partial charge on any atom is 0.511 e. The van der Waals surface area contributed by atoms with Crippen molar-refractivity contribution in [1.82, 2.24) is 4.98 Å². The molecule has 0 bridgehead atoms. The van der Waals surface area contributed by atoms with Crippen LogP contribution in [-0.2, 0) is 13.3 Å². The predicted molar refractivity (Wildman–Crippen MR) is 75.6 cm³/mol. The number of nitrogens with zero attached hydrogens (tertiary/aromatic N) is 1. The number of hydrogen-bond donors (Lipinski definition) is 0. The molecule has 0 radical (unpaired) electrons. The summed E-state index contributed by atoms with van der Waals surface area (Å²) in [4.78, 5) is 4.28. The third kappa shape index (κ3) is 5.07. The lowest BCUT2D eigenvalue weighted by Gasteiger charge is -2.27. The van der Waals surface area contributed by atoms with Gasteiger partial charge in [0.25, 0.3) is 0 Å². The highest BCUT2D eigenvalue weighted by atomic mass is 32.2. The topological polar surface area (TPSA) is 40.6 Å². The molecule has 0 aromatic carbocycles. The highest BCUT2D eigenvalue weighted by Gasteiger charge is 2.40. The van der Waals surface area contributed by atoms with Gasteiger partial charge in [0.1, 0.15) is 0 Å². The van der Waals surface area contributed by atoms with Crippen molar-refractivity contribution in [2.75, 3.05) is 25.2 Å². The van der Waals surface area contributed by atoms with Gasteiger partial charge >= 0.3 is 8.80 Å². The predicted octanol–water partition coefficient (Wildman–Crippen LogP) is 2.76. The van der Waals surface area contributed by atoms with Crippen LogP contribution in [0, 0.1) is 0 Å². The minimum Gasteiger partial charge on any atom is -0.373 e. The van der Waals surface area contributed by atoms with Crippen molar-refractivity contribution >= 4 is 20.6 Å². The lowest BCUT2D eigenvalue weighted by Crippen LogP contribution is -2.49. The summed E-state index contributed by atoms with van der Waals surface area (Å²) in [5, 5.41) is 1.66. The first-order chi connectivity index (χ1) is 8.76. The lowest BCUT2D eigenvalue weighted by atomic mass is 10.5. The van der Waals surface area contributed by atoms with E-state index in [-0.39, 0.29) is 0 Å². The average Bonchev–Trinajstić information content (AvgIpc) is 2.39. The molecule has 0 aliphatic carbocycles. The molecule has 6 heteroatoms. The van der Waals surface area contributed by atoms with Gasteiger partial charge in [-0.1, -0.05) is 6.07 Å². The Morgan fingerprint density at radius 3 is 2.11 bits per heavy atom. The van der Waals surface area contributed by atoms with E-state index in [9.17, 15) is 0 Å². The summed E-state index contributed by atoms with van der Waals surface area (Å²) in [5.74, 6) is 0. The van der Waals surface area contributed by atoms with Gasteiger partial charge in [0.15, 0.2) is 0 Å². The second-order valence-electron chi connectivity index (χ2n) is 3.44. The van der Waals surface area contributed by atoms with Crippen LogP contribution in [0.5, 0.6) is 0 Å².